The molecule has 3 nitrogen and oxygen atoms in total. The number of amides is 1. The lowest BCUT2D eigenvalue weighted by Crippen LogP contribution is -2.29. The van der Waals surface area contributed by atoms with Crippen molar-refractivity contribution >= 4 is 11.6 Å². The number of benzene rings is 1. The summed E-state index contributed by atoms with van der Waals surface area (Å²) in [6.07, 6.45) is 4.10. The predicted octanol–water partition coefficient (Wildman–Crippen LogP) is 3.38. The van der Waals surface area contributed by atoms with Crippen LogP contribution in [-0.4, -0.2) is 25.5 Å². The number of nitrogens with zero attached hydrogens (tertiary/aromatic N) is 1. The smallest absolute Gasteiger partial charge is 0.220 e. The molecular weight excluding hydrogens is 260 g/mol. The van der Waals surface area contributed by atoms with Crippen LogP contribution in [0, 0.1) is 5.41 Å². The summed E-state index contributed by atoms with van der Waals surface area (Å²) < 4.78 is 0. The molecule has 0 unspecified atom stereocenters. The Morgan fingerprint density at radius 2 is 1.76 bits per heavy atom. The Bertz CT molecular complexity index is 453. The molecule has 3 heteroatoms. The van der Waals surface area contributed by atoms with Gasteiger partial charge < -0.3 is 10.2 Å². The van der Waals surface area contributed by atoms with E-state index in [1.165, 1.54) is 37.2 Å². The minimum absolute atomic E-state index is 0.0570. The largest absolute Gasteiger partial charge is 0.372 e. The zero-order valence-electron chi connectivity index (χ0n) is 13.6. The van der Waals surface area contributed by atoms with Gasteiger partial charge in [-0.3, -0.25) is 4.79 Å². The number of hydrogen-bond acceptors (Lipinski definition) is 2. The Balaban J connectivity index is 1.75. The molecular formula is C18H28N2O. The lowest BCUT2D eigenvalue weighted by Gasteiger charge is -2.18. The molecule has 1 N–H and O–H groups in total. The van der Waals surface area contributed by atoms with E-state index >= 15 is 0 Å². The SMILES string of the molecule is CC(C)(C)CC(=O)NCCc1ccc(N2CCCC2)cc1. The van der Waals surface area contributed by atoms with Crippen LogP contribution in [0.5, 0.6) is 0 Å². The molecule has 1 saturated heterocycles. The molecule has 1 aromatic carbocycles. The average Bonchev–Trinajstić information content (AvgIpc) is 2.91. The highest BCUT2D eigenvalue weighted by atomic mass is 16.1. The number of carbonyl (C=O) groups is 1. The second-order valence-electron chi connectivity index (χ2n) is 7.20. The van der Waals surface area contributed by atoms with E-state index in [2.05, 4.69) is 55.3 Å². The molecule has 0 spiro atoms. The van der Waals surface area contributed by atoms with E-state index in [0.717, 1.165) is 13.0 Å². The summed E-state index contributed by atoms with van der Waals surface area (Å²) in [5.41, 5.74) is 2.67. The Labute approximate surface area is 128 Å². The molecule has 2 rings (SSSR count). The maximum absolute atomic E-state index is 11.8. The van der Waals surface area contributed by atoms with Crippen LogP contribution in [0.3, 0.4) is 0 Å². The van der Waals surface area contributed by atoms with Gasteiger partial charge in [0.25, 0.3) is 0 Å². The van der Waals surface area contributed by atoms with Crippen molar-refractivity contribution in [3.63, 3.8) is 0 Å². The number of hydrogen-bond donors (Lipinski definition) is 1. The van der Waals surface area contributed by atoms with Crippen LogP contribution in [-0.2, 0) is 11.2 Å². The first-order valence-electron chi connectivity index (χ1n) is 8.05. The molecule has 1 aromatic rings. The lowest BCUT2D eigenvalue weighted by atomic mass is 9.92. The van der Waals surface area contributed by atoms with Gasteiger partial charge in [-0.2, -0.15) is 0 Å². The molecule has 0 atom stereocenters. The standard InChI is InChI=1S/C18H28N2O/c1-18(2,3)14-17(21)19-11-10-15-6-8-16(9-7-15)20-12-4-5-13-20/h6-9H,4-5,10-14H2,1-3H3,(H,19,21). The third-order valence-corrected chi connectivity index (χ3v) is 3.83. The van der Waals surface area contributed by atoms with Gasteiger partial charge in [-0.05, 0) is 42.4 Å². The Morgan fingerprint density at radius 3 is 2.33 bits per heavy atom. The van der Waals surface area contributed by atoms with Crippen LogP contribution in [0.2, 0.25) is 0 Å². The zero-order chi connectivity index (χ0) is 15.3. The van der Waals surface area contributed by atoms with Crippen molar-refractivity contribution in [1.29, 1.82) is 0 Å². The number of nitrogens with one attached hydrogen (secondary N) is 1. The molecule has 116 valence electrons. The van der Waals surface area contributed by atoms with Crippen LogP contribution in [0.4, 0.5) is 5.69 Å². The van der Waals surface area contributed by atoms with Gasteiger partial charge in [-0.25, -0.2) is 0 Å². The van der Waals surface area contributed by atoms with Crippen molar-refractivity contribution in [3.05, 3.63) is 29.8 Å². The summed E-state index contributed by atoms with van der Waals surface area (Å²) in [6, 6.07) is 8.78. The van der Waals surface area contributed by atoms with E-state index in [1.807, 2.05) is 0 Å². The van der Waals surface area contributed by atoms with E-state index in [1.54, 1.807) is 0 Å². The second kappa shape index (κ2) is 6.97. The van der Waals surface area contributed by atoms with Crippen molar-refractivity contribution in [2.75, 3.05) is 24.5 Å². The van der Waals surface area contributed by atoms with Gasteiger partial charge in [0, 0.05) is 31.7 Å². The minimum atomic E-state index is 0.0570. The van der Waals surface area contributed by atoms with Gasteiger partial charge >= 0.3 is 0 Å². The number of rotatable bonds is 5. The van der Waals surface area contributed by atoms with Gasteiger partial charge in [-0.1, -0.05) is 32.9 Å². The molecule has 1 heterocycles. The fraction of sp³-hybridized carbons (Fsp3) is 0.611. The first kappa shape index (κ1) is 15.9. The second-order valence-corrected chi connectivity index (χ2v) is 7.20. The molecule has 0 bridgehead atoms. The number of anilines is 1. The predicted molar refractivity (Wildman–Crippen MR) is 88.7 cm³/mol. The van der Waals surface area contributed by atoms with Gasteiger partial charge in [-0.15, -0.1) is 0 Å². The molecule has 0 aliphatic carbocycles. The summed E-state index contributed by atoms with van der Waals surface area (Å²) in [6.45, 7) is 9.35. The van der Waals surface area contributed by atoms with Crippen LogP contribution < -0.4 is 10.2 Å². The molecule has 1 amide bonds. The first-order valence-corrected chi connectivity index (χ1v) is 8.05. The molecule has 0 radical (unpaired) electrons. The maximum atomic E-state index is 11.8. The quantitative estimate of drug-likeness (QED) is 0.901. The van der Waals surface area contributed by atoms with Gasteiger partial charge in [0.2, 0.25) is 5.91 Å². The van der Waals surface area contributed by atoms with Crippen LogP contribution >= 0.6 is 0 Å². The normalized spacial score (nSPS) is 15.3. The third kappa shape index (κ3) is 5.41. The fourth-order valence-corrected chi connectivity index (χ4v) is 2.74. The van der Waals surface area contributed by atoms with Crippen LogP contribution in [0.15, 0.2) is 24.3 Å². The molecule has 1 aliphatic heterocycles. The van der Waals surface area contributed by atoms with Gasteiger partial charge in [0.15, 0.2) is 0 Å². The van der Waals surface area contributed by atoms with E-state index in [0.29, 0.717) is 6.42 Å². The van der Waals surface area contributed by atoms with Crippen molar-refractivity contribution < 1.29 is 4.79 Å². The summed E-state index contributed by atoms with van der Waals surface area (Å²) in [5, 5.41) is 3.01. The summed E-state index contributed by atoms with van der Waals surface area (Å²) >= 11 is 0. The third-order valence-electron chi connectivity index (χ3n) is 3.83. The summed E-state index contributed by atoms with van der Waals surface area (Å²) in [5.74, 6) is 0.149. The van der Waals surface area contributed by atoms with Gasteiger partial charge in [0.1, 0.15) is 0 Å². The highest BCUT2D eigenvalue weighted by Crippen LogP contribution is 2.20. The Hall–Kier alpha value is -1.51. The maximum Gasteiger partial charge on any atom is 0.220 e. The molecule has 1 aliphatic rings. The highest BCUT2D eigenvalue weighted by Gasteiger charge is 2.15. The van der Waals surface area contributed by atoms with Crippen molar-refractivity contribution in [2.24, 2.45) is 5.41 Å². The van der Waals surface area contributed by atoms with E-state index in [4.69, 9.17) is 0 Å². The fourth-order valence-electron chi connectivity index (χ4n) is 2.74. The molecule has 0 aromatic heterocycles. The molecule has 21 heavy (non-hydrogen) atoms. The van der Waals surface area contributed by atoms with Gasteiger partial charge in [0.05, 0.1) is 0 Å². The molecule has 1 fully saturated rings. The van der Waals surface area contributed by atoms with E-state index < -0.39 is 0 Å². The summed E-state index contributed by atoms with van der Waals surface area (Å²) in [7, 11) is 0. The first-order chi connectivity index (χ1) is 9.94. The Morgan fingerprint density at radius 1 is 1.14 bits per heavy atom. The van der Waals surface area contributed by atoms with E-state index in [-0.39, 0.29) is 11.3 Å². The van der Waals surface area contributed by atoms with Crippen LogP contribution in [0.25, 0.3) is 0 Å². The van der Waals surface area contributed by atoms with Crippen molar-refractivity contribution in [2.45, 2.75) is 46.5 Å². The molecule has 0 saturated carbocycles. The van der Waals surface area contributed by atoms with Crippen LogP contribution in [0.1, 0.15) is 45.6 Å². The zero-order valence-corrected chi connectivity index (χ0v) is 13.6. The van der Waals surface area contributed by atoms with Crippen molar-refractivity contribution in [1.82, 2.24) is 5.32 Å². The Kier molecular flexibility index (Phi) is 5.27. The van der Waals surface area contributed by atoms with E-state index in [9.17, 15) is 4.79 Å². The van der Waals surface area contributed by atoms with Crippen molar-refractivity contribution in [3.8, 4) is 0 Å². The topological polar surface area (TPSA) is 32.3 Å². The highest BCUT2D eigenvalue weighted by molar-refractivity contribution is 5.76. The monoisotopic (exact) mass is 288 g/mol. The number of carbonyl (C=O) groups excluding carboxylic acids is 1. The summed E-state index contributed by atoms with van der Waals surface area (Å²) in [4.78, 5) is 14.2. The lowest BCUT2D eigenvalue weighted by molar-refractivity contribution is -0.122. The minimum Gasteiger partial charge on any atom is -0.372 e. The average molecular weight is 288 g/mol.